The van der Waals surface area contributed by atoms with Crippen molar-refractivity contribution < 1.29 is 9.53 Å². The third kappa shape index (κ3) is 5.34. The zero-order valence-corrected chi connectivity index (χ0v) is 13.2. The quantitative estimate of drug-likeness (QED) is 0.840. The summed E-state index contributed by atoms with van der Waals surface area (Å²) in [6.45, 7) is 0. The maximum atomic E-state index is 11.9. The zero-order valence-electron chi connectivity index (χ0n) is 12.4. The molecule has 4 nitrogen and oxygen atoms in total. The van der Waals surface area contributed by atoms with Gasteiger partial charge in [0.15, 0.2) is 5.11 Å². The summed E-state index contributed by atoms with van der Waals surface area (Å²) in [6, 6.07) is 7.88. The maximum absolute atomic E-state index is 11.9. The van der Waals surface area contributed by atoms with Gasteiger partial charge in [0.2, 0.25) is 5.91 Å². The average Bonchev–Trinajstić information content (AvgIpc) is 2.48. The van der Waals surface area contributed by atoms with E-state index in [1.807, 2.05) is 24.3 Å². The first-order valence-corrected chi connectivity index (χ1v) is 7.81. The SMILES string of the molecule is COc1ccc(CC(=O)NC(=S)NC2CCCCC2)cc1. The van der Waals surface area contributed by atoms with Gasteiger partial charge in [0.05, 0.1) is 13.5 Å². The van der Waals surface area contributed by atoms with E-state index in [1.165, 1.54) is 19.3 Å². The third-order valence-electron chi connectivity index (χ3n) is 3.72. The largest absolute Gasteiger partial charge is 0.497 e. The Balaban J connectivity index is 1.76. The monoisotopic (exact) mass is 306 g/mol. The summed E-state index contributed by atoms with van der Waals surface area (Å²) >= 11 is 5.20. The summed E-state index contributed by atoms with van der Waals surface area (Å²) in [4.78, 5) is 11.9. The second-order valence-corrected chi connectivity index (χ2v) is 5.79. The number of thiocarbonyl (C=S) groups is 1. The number of carbonyl (C=O) groups excluding carboxylic acids is 1. The van der Waals surface area contributed by atoms with Gasteiger partial charge in [0.1, 0.15) is 5.75 Å². The van der Waals surface area contributed by atoms with E-state index in [9.17, 15) is 4.79 Å². The van der Waals surface area contributed by atoms with Gasteiger partial charge < -0.3 is 15.4 Å². The number of nitrogens with one attached hydrogen (secondary N) is 2. The van der Waals surface area contributed by atoms with Crippen LogP contribution in [0.4, 0.5) is 0 Å². The van der Waals surface area contributed by atoms with Gasteiger partial charge in [-0.3, -0.25) is 4.79 Å². The minimum absolute atomic E-state index is 0.0894. The first-order valence-electron chi connectivity index (χ1n) is 7.40. The number of rotatable bonds is 4. The summed E-state index contributed by atoms with van der Waals surface area (Å²) in [5, 5.41) is 6.43. The van der Waals surface area contributed by atoms with Crippen molar-refractivity contribution in [3.05, 3.63) is 29.8 Å². The number of hydrogen-bond donors (Lipinski definition) is 2. The van der Waals surface area contributed by atoms with Gasteiger partial charge >= 0.3 is 0 Å². The van der Waals surface area contributed by atoms with Crippen molar-refractivity contribution in [1.29, 1.82) is 0 Å². The molecule has 114 valence electrons. The highest BCUT2D eigenvalue weighted by Gasteiger charge is 2.15. The van der Waals surface area contributed by atoms with Crippen molar-refractivity contribution in [1.82, 2.24) is 10.6 Å². The minimum Gasteiger partial charge on any atom is -0.497 e. The fourth-order valence-corrected chi connectivity index (χ4v) is 2.85. The Morgan fingerprint density at radius 2 is 1.90 bits per heavy atom. The lowest BCUT2D eigenvalue weighted by atomic mass is 9.96. The molecule has 0 saturated heterocycles. The van der Waals surface area contributed by atoms with Gasteiger partial charge in [-0.15, -0.1) is 0 Å². The van der Waals surface area contributed by atoms with Crippen LogP contribution in [0.3, 0.4) is 0 Å². The fourth-order valence-electron chi connectivity index (χ4n) is 2.57. The highest BCUT2D eigenvalue weighted by Crippen LogP contribution is 2.17. The van der Waals surface area contributed by atoms with Crippen LogP contribution in [0, 0.1) is 0 Å². The maximum Gasteiger partial charge on any atom is 0.230 e. The van der Waals surface area contributed by atoms with Crippen LogP contribution >= 0.6 is 12.2 Å². The summed E-state index contributed by atoms with van der Waals surface area (Å²) in [5.74, 6) is 0.696. The molecule has 2 N–H and O–H groups in total. The van der Waals surface area contributed by atoms with Crippen LogP contribution in [0.5, 0.6) is 5.75 Å². The molecule has 21 heavy (non-hydrogen) atoms. The van der Waals surface area contributed by atoms with E-state index >= 15 is 0 Å². The van der Waals surface area contributed by atoms with E-state index < -0.39 is 0 Å². The molecule has 0 heterocycles. The predicted octanol–water partition coefficient (Wildman–Crippen LogP) is 2.56. The number of amides is 1. The smallest absolute Gasteiger partial charge is 0.230 e. The van der Waals surface area contributed by atoms with Crippen LogP contribution < -0.4 is 15.4 Å². The van der Waals surface area contributed by atoms with Crippen molar-refractivity contribution in [2.24, 2.45) is 0 Å². The molecule has 1 fully saturated rings. The Morgan fingerprint density at radius 3 is 2.52 bits per heavy atom. The van der Waals surface area contributed by atoms with Gasteiger partial charge in [-0.05, 0) is 42.8 Å². The number of ether oxygens (including phenoxy) is 1. The molecule has 0 radical (unpaired) electrons. The molecule has 1 saturated carbocycles. The minimum atomic E-state index is -0.0894. The van der Waals surface area contributed by atoms with E-state index in [0.717, 1.165) is 24.2 Å². The van der Waals surface area contributed by atoms with Crippen molar-refractivity contribution in [2.45, 2.75) is 44.6 Å². The lowest BCUT2D eigenvalue weighted by Gasteiger charge is -2.24. The second kappa shape index (κ2) is 7.98. The van der Waals surface area contributed by atoms with Gasteiger partial charge in [0, 0.05) is 6.04 Å². The molecule has 0 aromatic heterocycles. The van der Waals surface area contributed by atoms with E-state index in [4.69, 9.17) is 17.0 Å². The molecule has 1 aliphatic carbocycles. The topological polar surface area (TPSA) is 50.4 Å². The van der Waals surface area contributed by atoms with Crippen LogP contribution in [0.2, 0.25) is 0 Å². The second-order valence-electron chi connectivity index (χ2n) is 5.38. The molecule has 1 aromatic rings. The van der Waals surface area contributed by atoms with E-state index in [-0.39, 0.29) is 5.91 Å². The van der Waals surface area contributed by atoms with Crippen molar-refractivity contribution >= 4 is 23.2 Å². The van der Waals surface area contributed by atoms with E-state index in [1.54, 1.807) is 7.11 Å². The molecule has 1 aromatic carbocycles. The van der Waals surface area contributed by atoms with Crippen molar-refractivity contribution in [2.75, 3.05) is 7.11 Å². The first kappa shape index (κ1) is 15.8. The summed E-state index contributed by atoms with van der Waals surface area (Å²) in [6.07, 6.45) is 6.36. The molecule has 0 bridgehead atoms. The number of benzene rings is 1. The molecular formula is C16H22N2O2S. The highest BCUT2D eigenvalue weighted by atomic mass is 32.1. The zero-order chi connectivity index (χ0) is 15.1. The average molecular weight is 306 g/mol. The van der Waals surface area contributed by atoms with Crippen LogP contribution in [-0.2, 0) is 11.2 Å². The molecule has 5 heteroatoms. The number of methoxy groups -OCH3 is 1. The normalized spacial score (nSPS) is 15.3. The Bertz CT molecular complexity index is 482. The first-order chi connectivity index (χ1) is 10.2. The van der Waals surface area contributed by atoms with E-state index in [2.05, 4.69) is 10.6 Å². The van der Waals surface area contributed by atoms with Crippen LogP contribution in [0.25, 0.3) is 0 Å². The van der Waals surface area contributed by atoms with Crippen molar-refractivity contribution in [3.63, 3.8) is 0 Å². The van der Waals surface area contributed by atoms with Gasteiger partial charge in [0.25, 0.3) is 0 Å². The fraction of sp³-hybridized carbons (Fsp3) is 0.500. The number of hydrogen-bond acceptors (Lipinski definition) is 3. The Kier molecular flexibility index (Phi) is 5.99. The number of carbonyl (C=O) groups is 1. The summed E-state index contributed by atoms with van der Waals surface area (Å²) < 4.78 is 5.09. The lowest BCUT2D eigenvalue weighted by Crippen LogP contribution is -2.45. The molecule has 0 atom stereocenters. The Labute approximate surface area is 131 Å². The Hall–Kier alpha value is -1.62. The van der Waals surface area contributed by atoms with Gasteiger partial charge in [-0.1, -0.05) is 31.4 Å². The van der Waals surface area contributed by atoms with Crippen LogP contribution in [0.15, 0.2) is 24.3 Å². The Morgan fingerprint density at radius 1 is 1.24 bits per heavy atom. The third-order valence-corrected chi connectivity index (χ3v) is 3.94. The molecule has 0 unspecified atom stereocenters. The predicted molar refractivity (Wildman–Crippen MR) is 87.4 cm³/mol. The molecule has 0 aliphatic heterocycles. The van der Waals surface area contributed by atoms with Gasteiger partial charge in [-0.2, -0.15) is 0 Å². The van der Waals surface area contributed by atoms with Gasteiger partial charge in [-0.25, -0.2) is 0 Å². The lowest BCUT2D eigenvalue weighted by molar-refractivity contribution is -0.119. The van der Waals surface area contributed by atoms with Crippen LogP contribution in [0.1, 0.15) is 37.7 Å². The van der Waals surface area contributed by atoms with E-state index in [0.29, 0.717) is 17.6 Å². The molecule has 1 aliphatic rings. The summed E-state index contributed by atoms with van der Waals surface area (Å²) in [5.41, 5.74) is 0.939. The standard InChI is InChI=1S/C16H22N2O2S/c1-20-14-9-7-12(8-10-14)11-15(19)18-16(21)17-13-5-3-2-4-6-13/h7-10,13H,2-6,11H2,1H3,(H2,17,18,19,21). The van der Waals surface area contributed by atoms with Crippen LogP contribution in [-0.4, -0.2) is 24.2 Å². The molecule has 2 rings (SSSR count). The summed E-state index contributed by atoms with van der Waals surface area (Å²) in [7, 11) is 1.62. The van der Waals surface area contributed by atoms with Crippen molar-refractivity contribution in [3.8, 4) is 5.75 Å². The molecule has 0 spiro atoms. The highest BCUT2D eigenvalue weighted by molar-refractivity contribution is 7.80. The molecule has 1 amide bonds. The molecular weight excluding hydrogens is 284 g/mol.